The first-order chi connectivity index (χ1) is 7.66. The first-order valence-electron chi connectivity index (χ1n) is 5.78. The molecule has 2 aliphatic rings. The first kappa shape index (κ1) is 9.97. The minimum atomic E-state index is 0.350. The van der Waals surface area contributed by atoms with E-state index < -0.39 is 0 Å². The molecule has 2 aliphatic heterocycles. The zero-order chi connectivity index (χ0) is 11.2. The molecular weight excluding hydrogens is 202 g/mol. The van der Waals surface area contributed by atoms with Crippen LogP contribution in [0.1, 0.15) is 31.9 Å². The van der Waals surface area contributed by atoms with E-state index in [1.54, 1.807) is 0 Å². The van der Waals surface area contributed by atoms with Gasteiger partial charge in [-0.1, -0.05) is 26.0 Å². The molecule has 1 saturated heterocycles. The largest absolute Gasteiger partial charge is 0.454 e. The fourth-order valence-corrected chi connectivity index (χ4v) is 2.54. The predicted octanol–water partition coefficient (Wildman–Crippen LogP) is 2.48. The van der Waals surface area contributed by atoms with Crippen LogP contribution in [0.4, 0.5) is 0 Å². The Hall–Kier alpha value is -1.22. The molecule has 0 aliphatic carbocycles. The van der Waals surface area contributed by atoms with E-state index in [1.807, 2.05) is 12.1 Å². The van der Waals surface area contributed by atoms with Gasteiger partial charge in [0.25, 0.3) is 0 Å². The van der Waals surface area contributed by atoms with Crippen LogP contribution in [-0.2, 0) is 0 Å². The standard InChI is InChI=1S/C13H17NO2/c1-13(2)6-10(14-7-13)9-4-3-5-11-12(9)16-8-15-11/h3-5,10,14H,6-8H2,1-2H3/t10-/m1/s1. The lowest BCUT2D eigenvalue weighted by molar-refractivity contribution is 0.172. The average Bonchev–Trinajstić information content (AvgIpc) is 2.83. The van der Waals surface area contributed by atoms with Crippen LogP contribution in [0.3, 0.4) is 0 Å². The Labute approximate surface area is 95.8 Å². The molecule has 3 heteroatoms. The molecule has 1 aromatic rings. The monoisotopic (exact) mass is 219 g/mol. The molecule has 0 radical (unpaired) electrons. The highest BCUT2D eigenvalue weighted by atomic mass is 16.7. The Bertz CT molecular complexity index is 414. The van der Waals surface area contributed by atoms with Crippen LogP contribution in [0.15, 0.2) is 18.2 Å². The van der Waals surface area contributed by atoms with E-state index in [0.29, 0.717) is 18.2 Å². The number of hydrogen-bond acceptors (Lipinski definition) is 3. The summed E-state index contributed by atoms with van der Waals surface area (Å²) in [5.74, 6) is 1.81. The summed E-state index contributed by atoms with van der Waals surface area (Å²) < 4.78 is 10.9. The lowest BCUT2D eigenvalue weighted by Crippen LogP contribution is -2.16. The molecule has 86 valence electrons. The second kappa shape index (κ2) is 3.39. The van der Waals surface area contributed by atoms with E-state index in [9.17, 15) is 0 Å². The summed E-state index contributed by atoms with van der Waals surface area (Å²) in [6, 6.07) is 6.53. The Morgan fingerprint density at radius 1 is 1.31 bits per heavy atom. The Balaban J connectivity index is 1.93. The van der Waals surface area contributed by atoms with Crippen LogP contribution in [0, 0.1) is 5.41 Å². The lowest BCUT2D eigenvalue weighted by Gasteiger charge is -2.16. The van der Waals surface area contributed by atoms with Crippen molar-refractivity contribution >= 4 is 0 Å². The molecule has 2 heterocycles. The summed E-state index contributed by atoms with van der Waals surface area (Å²) in [7, 11) is 0. The number of hydrogen-bond donors (Lipinski definition) is 1. The molecular formula is C13H17NO2. The zero-order valence-corrected chi connectivity index (χ0v) is 9.75. The van der Waals surface area contributed by atoms with Crippen molar-refractivity contribution in [3.05, 3.63) is 23.8 Å². The molecule has 3 nitrogen and oxygen atoms in total. The van der Waals surface area contributed by atoms with Crippen LogP contribution in [0.5, 0.6) is 11.5 Å². The summed E-state index contributed by atoms with van der Waals surface area (Å²) in [6.45, 7) is 5.99. The Kier molecular flexibility index (Phi) is 2.11. The quantitative estimate of drug-likeness (QED) is 0.787. The third-order valence-electron chi connectivity index (χ3n) is 3.39. The van der Waals surface area contributed by atoms with Gasteiger partial charge in [-0.25, -0.2) is 0 Å². The number of fused-ring (bicyclic) bond motifs is 1. The second-order valence-corrected chi connectivity index (χ2v) is 5.38. The van der Waals surface area contributed by atoms with E-state index in [4.69, 9.17) is 9.47 Å². The number of ether oxygens (including phenoxy) is 2. The second-order valence-electron chi connectivity index (χ2n) is 5.38. The average molecular weight is 219 g/mol. The minimum Gasteiger partial charge on any atom is -0.454 e. The molecule has 0 saturated carbocycles. The van der Waals surface area contributed by atoms with Crippen molar-refractivity contribution in [1.29, 1.82) is 0 Å². The molecule has 16 heavy (non-hydrogen) atoms. The van der Waals surface area contributed by atoms with Gasteiger partial charge in [-0.2, -0.15) is 0 Å². The zero-order valence-electron chi connectivity index (χ0n) is 9.75. The van der Waals surface area contributed by atoms with Crippen molar-refractivity contribution in [1.82, 2.24) is 5.32 Å². The van der Waals surface area contributed by atoms with E-state index in [0.717, 1.165) is 24.5 Å². The lowest BCUT2D eigenvalue weighted by atomic mass is 9.88. The molecule has 0 spiro atoms. The van der Waals surface area contributed by atoms with Crippen molar-refractivity contribution in [3.8, 4) is 11.5 Å². The van der Waals surface area contributed by atoms with E-state index in [-0.39, 0.29) is 0 Å². The Morgan fingerprint density at radius 3 is 2.94 bits per heavy atom. The van der Waals surface area contributed by atoms with Gasteiger partial charge >= 0.3 is 0 Å². The van der Waals surface area contributed by atoms with Crippen molar-refractivity contribution < 1.29 is 9.47 Å². The molecule has 0 unspecified atom stereocenters. The van der Waals surface area contributed by atoms with Crippen LogP contribution in [0.2, 0.25) is 0 Å². The van der Waals surface area contributed by atoms with Gasteiger partial charge < -0.3 is 14.8 Å². The summed E-state index contributed by atoms with van der Waals surface area (Å²) in [6.07, 6.45) is 1.15. The van der Waals surface area contributed by atoms with Gasteiger partial charge in [-0.05, 0) is 17.9 Å². The van der Waals surface area contributed by atoms with Crippen molar-refractivity contribution in [2.24, 2.45) is 5.41 Å². The highest BCUT2D eigenvalue weighted by Crippen LogP contribution is 2.43. The fraction of sp³-hybridized carbons (Fsp3) is 0.538. The SMILES string of the molecule is CC1(C)CN[C@@H](c2cccc3c2OCO3)C1. The van der Waals surface area contributed by atoms with Crippen LogP contribution >= 0.6 is 0 Å². The van der Waals surface area contributed by atoms with Crippen molar-refractivity contribution in [2.45, 2.75) is 26.3 Å². The van der Waals surface area contributed by atoms with Crippen LogP contribution in [-0.4, -0.2) is 13.3 Å². The minimum absolute atomic E-state index is 0.350. The highest BCUT2D eigenvalue weighted by molar-refractivity contribution is 5.49. The molecule has 1 aromatic carbocycles. The van der Waals surface area contributed by atoms with Gasteiger partial charge in [0.05, 0.1) is 0 Å². The van der Waals surface area contributed by atoms with Crippen LogP contribution < -0.4 is 14.8 Å². The molecule has 1 N–H and O–H groups in total. The van der Waals surface area contributed by atoms with Gasteiger partial charge in [-0.3, -0.25) is 0 Å². The number of nitrogens with one attached hydrogen (secondary N) is 1. The first-order valence-corrected chi connectivity index (χ1v) is 5.78. The van der Waals surface area contributed by atoms with E-state index in [1.165, 1.54) is 5.56 Å². The predicted molar refractivity (Wildman–Crippen MR) is 61.7 cm³/mol. The van der Waals surface area contributed by atoms with Gasteiger partial charge in [0.15, 0.2) is 11.5 Å². The third-order valence-corrected chi connectivity index (χ3v) is 3.39. The van der Waals surface area contributed by atoms with E-state index >= 15 is 0 Å². The molecule has 1 atom stereocenters. The molecule has 0 bridgehead atoms. The van der Waals surface area contributed by atoms with Gasteiger partial charge in [0.1, 0.15) is 0 Å². The van der Waals surface area contributed by atoms with E-state index in [2.05, 4.69) is 25.2 Å². The van der Waals surface area contributed by atoms with Gasteiger partial charge in [-0.15, -0.1) is 0 Å². The fourth-order valence-electron chi connectivity index (χ4n) is 2.54. The topological polar surface area (TPSA) is 30.5 Å². The third kappa shape index (κ3) is 1.55. The van der Waals surface area contributed by atoms with Crippen LogP contribution in [0.25, 0.3) is 0 Å². The van der Waals surface area contributed by atoms with Crippen molar-refractivity contribution in [3.63, 3.8) is 0 Å². The molecule has 1 fully saturated rings. The summed E-state index contributed by atoms with van der Waals surface area (Å²) in [5, 5.41) is 3.56. The number of para-hydroxylation sites is 1. The molecule has 0 aromatic heterocycles. The number of benzene rings is 1. The Morgan fingerprint density at radius 2 is 2.19 bits per heavy atom. The smallest absolute Gasteiger partial charge is 0.231 e. The maximum Gasteiger partial charge on any atom is 0.231 e. The highest BCUT2D eigenvalue weighted by Gasteiger charge is 2.34. The van der Waals surface area contributed by atoms with Gasteiger partial charge in [0.2, 0.25) is 6.79 Å². The van der Waals surface area contributed by atoms with Crippen molar-refractivity contribution in [2.75, 3.05) is 13.3 Å². The number of rotatable bonds is 1. The van der Waals surface area contributed by atoms with Gasteiger partial charge in [0, 0.05) is 18.2 Å². The maximum atomic E-state index is 5.55. The normalized spacial score (nSPS) is 26.0. The maximum absolute atomic E-state index is 5.55. The summed E-state index contributed by atoms with van der Waals surface area (Å²) in [4.78, 5) is 0. The summed E-state index contributed by atoms with van der Waals surface area (Å²) in [5.41, 5.74) is 1.60. The summed E-state index contributed by atoms with van der Waals surface area (Å²) >= 11 is 0. The molecule has 0 amide bonds. The molecule has 3 rings (SSSR count).